The third kappa shape index (κ3) is 2.28. The zero-order chi connectivity index (χ0) is 12.3. The Hall–Kier alpha value is -2.28. The number of nitrogens with one attached hydrogen (secondary N) is 1. The summed E-state index contributed by atoms with van der Waals surface area (Å²) in [6, 6.07) is 9.51. The molecule has 86 valence electrons. The Morgan fingerprint density at radius 2 is 2.29 bits per heavy atom. The van der Waals surface area contributed by atoms with Gasteiger partial charge in [0.2, 0.25) is 0 Å². The molecule has 1 aromatic carbocycles. The van der Waals surface area contributed by atoms with Crippen molar-refractivity contribution in [3.8, 4) is 6.07 Å². The Morgan fingerprint density at radius 1 is 1.47 bits per heavy atom. The fourth-order valence-electron chi connectivity index (χ4n) is 1.73. The first-order chi connectivity index (χ1) is 8.22. The highest BCUT2D eigenvalue weighted by molar-refractivity contribution is 5.97. The molecule has 4 heteroatoms. The molecule has 1 N–H and O–H groups in total. The van der Waals surface area contributed by atoms with Crippen molar-refractivity contribution in [2.45, 2.75) is 6.42 Å². The number of carbonyl (C=O) groups is 1. The lowest BCUT2D eigenvalue weighted by Crippen LogP contribution is -2.27. The van der Waals surface area contributed by atoms with Gasteiger partial charge in [-0.2, -0.15) is 5.26 Å². The van der Waals surface area contributed by atoms with Crippen molar-refractivity contribution in [3.05, 3.63) is 36.0 Å². The molecule has 0 aliphatic carbocycles. The maximum Gasteiger partial charge on any atom is 0.253 e. The maximum atomic E-state index is 12.0. The molecule has 2 rings (SSSR count). The number of benzene rings is 1. The lowest BCUT2D eigenvalue weighted by molar-refractivity contribution is 0.0798. The average Bonchev–Trinajstić information content (AvgIpc) is 2.81. The van der Waals surface area contributed by atoms with Crippen LogP contribution in [0.15, 0.2) is 30.5 Å². The molecule has 4 nitrogen and oxygen atoms in total. The summed E-state index contributed by atoms with van der Waals surface area (Å²) in [5.41, 5.74) is 1.67. The van der Waals surface area contributed by atoms with Gasteiger partial charge in [0, 0.05) is 36.3 Å². The molecule has 17 heavy (non-hydrogen) atoms. The summed E-state index contributed by atoms with van der Waals surface area (Å²) in [5.74, 6) is -0.0525. The number of aromatic nitrogens is 1. The van der Waals surface area contributed by atoms with E-state index in [2.05, 4.69) is 4.98 Å². The fraction of sp³-hybridized carbons (Fsp3) is 0.231. The van der Waals surface area contributed by atoms with E-state index in [0.717, 1.165) is 10.9 Å². The first-order valence-electron chi connectivity index (χ1n) is 5.42. The number of fused-ring (bicyclic) bond motifs is 1. The van der Waals surface area contributed by atoms with Crippen LogP contribution in [-0.2, 0) is 0 Å². The Labute approximate surface area is 99.5 Å². The number of nitriles is 1. The molecule has 0 atom stereocenters. The first-order valence-corrected chi connectivity index (χ1v) is 5.42. The number of carbonyl (C=O) groups excluding carboxylic acids is 1. The number of hydrogen-bond acceptors (Lipinski definition) is 2. The highest BCUT2D eigenvalue weighted by atomic mass is 16.2. The fourth-order valence-corrected chi connectivity index (χ4v) is 1.73. The number of rotatable bonds is 3. The van der Waals surface area contributed by atoms with Crippen LogP contribution < -0.4 is 0 Å². The molecule has 0 aliphatic heterocycles. The summed E-state index contributed by atoms with van der Waals surface area (Å²) in [6.07, 6.45) is 2.20. The Balaban J connectivity index is 2.21. The van der Waals surface area contributed by atoms with Crippen LogP contribution >= 0.6 is 0 Å². The largest absolute Gasteiger partial charge is 0.361 e. The second-order valence-corrected chi connectivity index (χ2v) is 3.91. The van der Waals surface area contributed by atoms with Gasteiger partial charge >= 0.3 is 0 Å². The molecule has 1 aromatic heterocycles. The van der Waals surface area contributed by atoms with Crippen LogP contribution in [0.5, 0.6) is 0 Å². The molecule has 0 saturated carbocycles. The summed E-state index contributed by atoms with van der Waals surface area (Å²) < 4.78 is 0. The van der Waals surface area contributed by atoms with Gasteiger partial charge in [0.1, 0.15) is 0 Å². The molecule has 2 aromatic rings. The van der Waals surface area contributed by atoms with Crippen LogP contribution in [0.2, 0.25) is 0 Å². The minimum atomic E-state index is -0.0525. The number of hydrogen-bond donors (Lipinski definition) is 1. The number of amides is 1. The average molecular weight is 227 g/mol. The van der Waals surface area contributed by atoms with Crippen LogP contribution in [0, 0.1) is 11.3 Å². The van der Waals surface area contributed by atoms with E-state index in [1.165, 1.54) is 0 Å². The van der Waals surface area contributed by atoms with Crippen LogP contribution in [0.1, 0.15) is 16.8 Å². The third-order valence-electron chi connectivity index (χ3n) is 2.71. The molecule has 1 heterocycles. The quantitative estimate of drug-likeness (QED) is 0.873. The van der Waals surface area contributed by atoms with Crippen molar-refractivity contribution < 1.29 is 4.79 Å². The van der Waals surface area contributed by atoms with Gasteiger partial charge in [-0.3, -0.25) is 4.79 Å². The Bertz CT molecular complexity index is 580. The highest BCUT2D eigenvalue weighted by Gasteiger charge is 2.11. The lowest BCUT2D eigenvalue weighted by Gasteiger charge is -2.15. The van der Waals surface area contributed by atoms with E-state index in [0.29, 0.717) is 18.5 Å². The van der Waals surface area contributed by atoms with Gasteiger partial charge in [0.15, 0.2) is 0 Å². The van der Waals surface area contributed by atoms with Gasteiger partial charge in [0.05, 0.1) is 12.5 Å². The topological polar surface area (TPSA) is 59.9 Å². The van der Waals surface area contributed by atoms with Crippen LogP contribution in [0.3, 0.4) is 0 Å². The van der Waals surface area contributed by atoms with Crippen molar-refractivity contribution in [2.24, 2.45) is 0 Å². The third-order valence-corrected chi connectivity index (χ3v) is 2.71. The molecule has 0 bridgehead atoms. The summed E-state index contributed by atoms with van der Waals surface area (Å²) in [6.45, 7) is 0.459. The predicted molar refractivity (Wildman–Crippen MR) is 65.5 cm³/mol. The monoisotopic (exact) mass is 227 g/mol. The van der Waals surface area contributed by atoms with E-state index in [1.807, 2.05) is 30.5 Å². The summed E-state index contributed by atoms with van der Waals surface area (Å²) in [5, 5.41) is 9.51. The molecular formula is C13H13N3O. The molecule has 0 aliphatic rings. The van der Waals surface area contributed by atoms with E-state index in [9.17, 15) is 4.79 Å². The van der Waals surface area contributed by atoms with Crippen molar-refractivity contribution in [1.82, 2.24) is 9.88 Å². The highest BCUT2D eigenvalue weighted by Crippen LogP contribution is 2.15. The maximum absolute atomic E-state index is 12.0. The SMILES string of the molecule is CN(CCC#N)C(=O)c1ccc2[nH]ccc2c1. The van der Waals surface area contributed by atoms with Gasteiger partial charge in [-0.1, -0.05) is 0 Å². The minimum absolute atomic E-state index is 0.0525. The molecule has 1 amide bonds. The zero-order valence-electron chi connectivity index (χ0n) is 9.60. The molecule has 0 spiro atoms. The van der Waals surface area contributed by atoms with Gasteiger partial charge in [-0.05, 0) is 24.3 Å². The Morgan fingerprint density at radius 3 is 3.06 bits per heavy atom. The van der Waals surface area contributed by atoms with Gasteiger partial charge < -0.3 is 9.88 Å². The molecule has 0 unspecified atom stereocenters. The number of nitrogens with zero attached hydrogens (tertiary/aromatic N) is 2. The van der Waals surface area contributed by atoms with E-state index in [4.69, 9.17) is 5.26 Å². The van der Waals surface area contributed by atoms with Gasteiger partial charge in [-0.25, -0.2) is 0 Å². The first kappa shape index (κ1) is 11.2. The summed E-state index contributed by atoms with van der Waals surface area (Å²) in [7, 11) is 1.71. The number of aromatic amines is 1. The lowest BCUT2D eigenvalue weighted by atomic mass is 10.1. The second kappa shape index (κ2) is 4.71. The van der Waals surface area contributed by atoms with Crippen molar-refractivity contribution in [2.75, 3.05) is 13.6 Å². The molecular weight excluding hydrogens is 214 g/mol. The Kier molecular flexibility index (Phi) is 3.10. The van der Waals surface area contributed by atoms with Crippen LogP contribution in [0.25, 0.3) is 10.9 Å². The summed E-state index contributed by atoms with van der Waals surface area (Å²) >= 11 is 0. The van der Waals surface area contributed by atoms with Gasteiger partial charge in [-0.15, -0.1) is 0 Å². The molecule has 0 radical (unpaired) electrons. The molecule has 0 saturated heterocycles. The normalized spacial score (nSPS) is 10.1. The van der Waals surface area contributed by atoms with E-state index >= 15 is 0 Å². The number of H-pyrrole nitrogens is 1. The second-order valence-electron chi connectivity index (χ2n) is 3.91. The van der Waals surface area contributed by atoms with E-state index < -0.39 is 0 Å². The zero-order valence-corrected chi connectivity index (χ0v) is 9.60. The molecule has 0 fully saturated rings. The smallest absolute Gasteiger partial charge is 0.253 e. The van der Waals surface area contributed by atoms with Crippen LogP contribution in [-0.4, -0.2) is 29.4 Å². The standard InChI is InChI=1S/C13H13N3O/c1-16(8-2-6-14)13(17)11-3-4-12-10(9-11)5-7-15-12/h3-5,7,9,15H,2,8H2,1H3. The van der Waals surface area contributed by atoms with Crippen LogP contribution in [0.4, 0.5) is 0 Å². The minimum Gasteiger partial charge on any atom is -0.361 e. The van der Waals surface area contributed by atoms with Crippen molar-refractivity contribution >= 4 is 16.8 Å². The summed E-state index contributed by atoms with van der Waals surface area (Å²) in [4.78, 5) is 16.7. The van der Waals surface area contributed by atoms with E-state index in [1.54, 1.807) is 18.0 Å². The van der Waals surface area contributed by atoms with E-state index in [-0.39, 0.29) is 5.91 Å². The predicted octanol–water partition coefficient (Wildman–Crippen LogP) is 2.15. The van der Waals surface area contributed by atoms with Crippen molar-refractivity contribution in [1.29, 1.82) is 5.26 Å². The van der Waals surface area contributed by atoms with Gasteiger partial charge in [0.25, 0.3) is 5.91 Å². The van der Waals surface area contributed by atoms with Crippen molar-refractivity contribution in [3.63, 3.8) is 0 Å².